The van der Waals surface area contributed by atoms with Gasteiger partial charge < -0.3 is 19.5 Å². The summed E-state index contributed by atoms with van der Waals surface area (Å²) in [4.78, 5) is 24.7. The standard InChI is InChI=1S/C21H22ClNO5/c1-11-5-6-16(21-15(24)7-12(2)20(11)21)28-10-19(25)23-14-8-13(22)17(26-3)9-18(14)27-4/h5-6,8-9,12H,7,10H2,1-4H3,(H,23,25)/t12-/m0/s1. The van der Waals surface area contributed by atoms with Crippen molar-refractivity contribution in [3.05, 3.63) is 46.0 Å². The van der Waals surface area contributed by atoms with E-state index >= 15 is 0 Å². The van der Waals surface area contributed by atoms with Crippen molar-refractivity contribution in [3.8, 4) is 17.2 Å². The molecule has 0 heterocycles. The first kappa shape index (κ1) is 20.0. The fraction of sp³-hybridized carbons (Fsp3) is 0.333. The SMILES string of the molecule is COc1cc(OC)c(NC(=O)COc2ccc(C)c3c2C(=O)C[C@@H]3C)cc1Cl. The second kappa shape index (κ2) is 8.10. The number of carbonyl (C=O) groups is 2. The summed E-state index contributed by atoms with van der Waals surface area (Å²) >= 11 is 6.12. The highest BCUT2D eigenvalue weighted by atomic mass is 35.5. The fourth-order valence-electron chi connectivity index (χ4n) is 3.52. The van der Waals surface area contributed by atoms with Gasteiger partial charge in [0.1, 0.15) is 17.2 Å². The molecule has 0 radical (unpaired) electrons. The molecule has 1 N–H and O–H groups in total. The largest absolute Gasteiger partial charge is 0.495 e. The lowest BCUT2D eigenvalue weighted by Gasteiger charge is -2.15. The maximum atomic E-state index is 12.4. The molecule has 1 atom stereocenters. The van der Waals surface area contributed by atoms with E-state index in [1.165, 1.54) is 14.2 Å². The van der Waals surface area contributed by atoms with Crippen LogP contribution in [0.2, 0.25) is 5.02 Å². The average Bonchev–Trinajstić information content (AvgIpc) is 2.97. The van der Waals surface area contributed by atoms with Crippen molar-refractivity contribution >= 4 is 29.0 Å². The van der Waals surface area contributed by atoms with Gasteiger partial charge in [-0.1, -0.05) is 24.6 Å². The van der Waals surface area contributed by atoms with Crippen LogP contribution in [0.4, 0.5) is 5.69 Å². The van der Waals surface area contributed by atoms with Crippen LogP contribution >= 0.6 is 11.6 Å². The zero-order valence-electron chi connectivity index (χ0n) is 16.2. The van der Waals surface area contributed by atoms with Gasteiger partial charge in [0.15, 0.2) is 12.4 Å². The van der Waals surface area contributed by atoms with Gasteiger partial charge in [-0.2, -0.15) is 0 Å². The highest BCUT2D eigenvalue weighted by molar-refractivity contribution is 6.32. The number of anilines is 1. The first-order valence-electron chi connectivity index (χ1n) is 8.86. The summed E-state index contributed by atoms with van der Waals surface area (Å²) in [6.07, 6.45) is 0.463. The van der Waals surface area contributed by atoms with E-state index in [2.05, 4.69) is 5.32 Å². The third-order valence-corrected chi connectivity index (χ3v) is 5.09. The number of carbonyl (C=O) groups excluding carboxylic acids is 2. The van der Waals surface area contributed by atoms with Crippen molar-refractivity contribution in [2.75, 3.05) is 26.1 Å². The Kier molecular flexibility index (Phi) is 5.79. The summed E-state index contributed by atoms with van der Waals surface area (Å²) in [5, 5.41) is 3.05. The number of Topliss-reactive ketones (excluding diaryl/α,β-unsaturated/α-hetero) is 1. The molecule has 0 spiro atoms. The number of amides is 1. The summed E-state index contributed by atoms with van der Waals surface area (Å²) in [7, 11) is 2.98. The molecular weight excluding hydrogens is 382 g/mol. The maximum absolute atomic E-state index is 12.4. The van der Waals surface area contributed by atoms with Crippen LogP contribution in [0.5, 0.6) is 17.2 Å². The number of nitrogens with one attached hydrogen (secondary N) is 1. The molecule has 1 aliphatic rings. The van der Waals surface area contributed by atoms with E-state index in [4.69, 9.17) is 25.8 Å². The van der Waals surface area contributed by atoms with Crippen molar-refractivity contribution in [1.29, 1.82) is 0 Å². The van der Waals surface area contributed by atoms with Gasteiger partial charge in [0.2, 0.25) is 0 Å². The van der Waals surface area contributed by atoms with Crippen LogP contribution in [0.25, 0.3) is 0 Å². The molecule has 0 bridgehead atoms. The second-order valence-electron chi connectivity index (χ2n) is 6.72. The molecule has 1 amide bonds. The second-order valence-corrected chi connectivity index (χ2v) is 7.13. The van der Waals surface area contributed by atoms with Crippen LogP contribution in [0.1, 0.15) is 40.7 Å². The minimum atomic E-state index is -0.396. The molecule has 0 saturated heterocycles. The van der Waals surface area contributed by atoms with Crippen molar-refractivity contribution < 1.29 is 23.8 Å². The topological polar surface area (TPSA) is 73.9 Å². The van der Waals surface area contributed by atoms with E-state index in [0.29, 0.717) is 39.9 Å². The van der Waals surface area contributed by atoms with Gasteiger partial charge in [-0.15, -0.1) is 0 Å². The van der Waals surface area contributed by atoms with Crippen molar-refractivity contribution in [2.45, 2.75) is 26.2 Å². The predicted octanol–water partition coefficient (Wildman–Crippen LogP) is 4.37. The van der Waals surface area contributed by atoms with Crippen LogP contribution in [0, 0.1) is 6.92 Å². The molecule has 7 heteroatoms. The number of methoxy groups -OCH3 is 2. The van der Waals surface area contributed by atoms with Gasteiger partial charge >= 0.3 is 0 Å². The normalized spacial score (nSPS) is 15.2. The molecule has 0 fully saturated rings. The fourth-order valence-corrected chi connectivity index (χ4v) is 3.76. The summed E-state index contributed by atoms with van der Waals surface area (Å²) < 4.78 is 16.1. The lowest BCUT2D eigenvalue weighted by Crippen LogP contribution is -2.21. The Bertz CT molecular complexity index is 941. The molecule has 2 aromatic rings. The molecule has 0 unspecified atom stereocenters. The lowest BCUT2D eigenvalue weighted by atomic mass is 9.97. The third kappa shape index (κ3) is 3.78. The van der Waals surface area contributed by atoms with Gasteiger partial charge in [0.05, 0.1) is 30.5 Å². The van der Waals surface area contributed by atoms with Gasteiger partial charge in [0.25, 0.3) is 5.91 Å². The predicted molar refractivity (Wildman–Crippen MR) is 107 cm³/mol. The molecule has 0 saturated carbocycles. The molecule has 3 rings (SSSR count). The Morgan fingerprint density at radius 1 is 1.18 bits per heavy atom. The number of aryl methyl sites for hydroxylation is 1. The smallest absolute Gasteiger partial charge is 0.262 e. The van der Waals surface area contributed by atoms with Crippen molar-refractivity contribution in [2.24, 2.45) is 0 Å². The molecule has 0 aromatic heterocycles. The van der Waals surface area contributed by atoms with E-state index < -0.39 is 5.91 Å². The van der Waals surface area contributed by atoms with E-state index in [-0.39, 0.29) is 18.3 Å². The molecule has 148 valence electrons. The monoisotopic (exact) mass is 403 g/mol. The number of rotatable bonds is 6. The highest BCUT2D eigenvalue weighted by Gasteiger charge is 2.31. The number of benzene rings is 2. The number of hydrogen-bond acceptors (Lipinski definition) is 5. The van der Waals surface area contributed by atoms with E-state index in [1.807, 2.05) is 19.9 Å². The molecule has 28 heavy (non-hydrogen) atoms. The Morgan fingerprint density at radius 3 is 2.57 bits per heavy atom. The number of halogens is 1. The molecule has 1 aliphatic carbocycles. The van der Waals surface area contributed by atoms with Crippen LogP contribution < -0.4 is 19.5 Å². The Balaban J connectivity index is 1.75. The van der Waals surface area contributed by atoms with Crippen LogP contribution in [-0.2, 0) is 4.79 Å². The highest BCUT2D eigenvalue weighted by Crippen LogP contribution is 2.40. The quantitative estimate of drug-likeness (QED) is 0.775. The van der Waals surface area contributed by atoms with E-state index in [0.717, 1.165) is 11.1 Å². The zero-order valence-corrected chi connectivity index (χ0v) is 17.0. The lowest BCUT2D eigenvalue weighted by molar-refractivity contribution is -0.118. The summed E-state index contributed by atoms with van der Waals surface area (Å²) in [6, 6.07) is 6.79. The summed E-state index contributed by atoms with van der Waals surface area (Å²) in [6.45, 7) is 3.75. The van der Waals surface area contributed by atoms with Gasteiger partial charge in [0, 0.05) is 12.5 Å². The van der Waals surface area contributed by atoms with Gasteiger partial charge in [-0.05, 0) is 36.1 Å². The molecular formula is C21H22ClNO5. The Labute approximate surface area is 168 Å². The zero-order chi connectivity index (χ0) is 20.4. The van der Waals surface area contributed by atoms with Crippen LogP contribution in [0.3, 0.4) is 0 Å². The number of hydrogen-bond donors (Lipinski definition) is 1. The molecule has 0 aliphatic heterocycles. The van der Waals surface area contributed by atoms with Crippen molar-refractivity contribution in [1.82, 2.24) is 0 Å². The van der Waals surface area contributed by atoms with Gasteiger partial charge in [-0.25, -0.2) is 0 Å². The first-order valence-corrected chi connectivity index (χ1v) is 9.24. The summed E-state index contributed by atoms with van der Waals surface area (Å²) in [5.74, 6) is 1.10. The molecule has 2 aromatic carbocycles. The van der Waals surface area contributed by atoms with Crippen molar-refractivity contribution in [3.63, 3.8) is 0 Å². The van der Waals surface area contributed by atoms with Crippen LogP contribution in [0.15, 0.2) is 24.3 Å². The summed E-state index contributed by atoms with van der Waals surface area (Å²) in [5.41, 5.74) is 3.06. The van der Waals surface area contributed by atoms with Crippen LogP contribution in [-0.4, -0.2) is 32.5 Å². The number of fused-ring (bicyclic) bond motifs is 1. The third-order valence-electron chi connectivity index (χ3n) is 4.80. The Morgan fingerprint density at radius 2 is 1.89 bits per heavy atom. The van der Waals surface area contributed by atoms with E-state index in [1.54, 1.807) is 18.2 Å². The minimum absolute atomic E-state index is 0.0465. The number of ether oxygens (including phenoxy) is 3. The van der Waals surface area contributed by atoms with E-state index in [9.17, 15) is 9.59 Å². The van der Waals surface area contributed by atoms with Gasteiger partial charge in [-0.3, -0.25) is 9.59 Å². The first-order chi connectivity index (χ1) is 13.3. The number of ketones is 1. The maximum Gasteiger partial charge on any atom is 0.262 e. The average molecular weight is 404 g/mol. The molecule has 6 nitrogen and oxygen atoms in total. The minimum Gasteiger partial charge on any atom is -0.495 e. The Hall–Kier alpha value is -2.73.